The standard InChI is InChI=1S/C19H21N3O3/c1-12-5-8-15(9-6-12)25-13(2)18(23)20-14-7-10-16-17(11-14)22(4)19(24)21(16)3/h5-11,13H,1-4H3,(H,20,23). The van der Waals surface area contributed by atoms with Crippen molar-refractivity contribution in [2.24, 2.45) is 14.1 Å². The van der Waals surface area contributed by atoms with Crippen LogP contribution in [0.15, 0.2) is 47.3 Å². The van der Waals surface area contributed by atoms with Gasteiger partial charge in [-0.2, -0.15) is 0 Å². The maximum Gasteiger partial charge on any atom is 0.328 e. The lowest BCUT2D eigenvalue weighted by atomic mass is 10.2. The first-order chi connectivity index (χ1) is 11.9. The second-order valence-corrected chi connectivity index (χ2v) is 6.17. The quantitative estimate of drug-likeness (QED) is 0.794. The molecule has 6 nitrogen and oxygen atoms in total. The summed E-state index contributed by atoms with van der Waals surface area (Å²) in [6.45, 7) is 3.69. The number of amides is 1. The van der Waals surface area contributed by atoms with Gasteiger partial charge in [-0.1, -0.05) is 17.7 Å². The van der Waals surface area contributed by atoms with Crippen molar-refractivity contribution in [3.05, 3.63) is 58.5 Å². The Bertz CT molecular complexity index is 984. The van der Waals surface area contributed by atoms with Crippen molar-refractivity contribution in [2.45, 2.75) is 20.0 Å². The monoisotopic (exact) mass is 339 g/mol. The van der Waals surface area contributed by atoms with Crippen LogP contribution in [0.3, 0.4) is 0 Å². The first-order valence-corrected chi connectivity index (χ1v) is 8.06. The Morgan fingerprint density at radius 3 is 2.36 bits per heavy atom. The molecule has 1 N–H and O–H groups in total. The van der Waals surface area contributed by atoms with Crippen molar-refractivity contribution < 1.29 is 9.53 Å². The summed E-state index contributed by atoms with van der Waals surface area (Å²) >= 11 is 0. The average Bonchev–Trinajstić information content (AvgIpc) is 2.81. The van der Waals surface area contributed by atoms with E-state index in [1.807, 2.05) is 37.3 Å². The van der Waals surface area contributed by atoms with Crippen molar-refractivity contribution >= 4 is 22.6 Å². The molecule has 0 aliphatic rings. The van der Waals surface area contributed by atoms with E-state index in [4.69, 9.17) is 4.74 Å². The van der Waals surface area contributed by atoms with Gasteiger partial charge in [-0.3, -0.25) is 13.9 Å². The van der Waals surface area contributed by atoms with Gasteiger partial charge < -0.3 is 10.1 Å². The smallest absolute Gasteiger partial charge is 0.328 e. The highest BCUT2D eigenvalue weighted by Gasteiger charge is 2.16. The molecular formula is C19H21N3O3. The number of anilines is 1. The lowest BCUT2D eigenvalue weighted by molar-refractivity contribution is -0.122. The fourth-order valence-corrected chi connectivity index (χ4v) is 2.70. The molecule has 130 valence electrons. The second-order valence-electron chi connectivity index (χ2n) is 6.17. The minimum absolute atomic E-state index is 0.102. The predicted octanol–water partition coefficient (Wildman–Crippen LogP) is 2.59. The van der Waals surface area contributed by atoms with Crippen LogP contribution in [0, 0.1) is 6.92 Å². The Balaban J connectivity index is 1.76. The van der Waals surface area contributed by atoms with Crippen LogP contribution in [0.4, 0.5) is 5.69 Å². The number of carbonyl (C=O) groups excluding carboxylic acids is 1. The van der Waals surface area contributed by atoms with E-state index < -0.39 is 6.10 Å². The summed E-state index contributed by atoms with van der Waals surface area (Å²) in [6, 6.07) is 12.9. The van der Waals surface area contributed by atoms with Crippen molar-refractivity contribution in [3.63, 3.8) is 0 Å². The number of ether oxygens (including phenoxy) is 1. The van der Waals surface area contributed by atoms with E-state index in [9.17, 15) is 9.59 Å². The number of nitrogens with zero attached hydrogens (tertiary/aromatic N) is 2. The summed E-state index contributed by atoms with van der Waals surface area (Å²) in [5, 5.41) is 2.83. The molecule has 0 saturated carbocycles. The molecule has 0 aliphatic carbocycles. The van der Waals surface area contributed by atoms with E-state index in [2.05, 4.69) is 5.32 Å². The molecule has 0 aliphatic heterocycles. The maximum absolute atomic E-state index is 12.4. The molecule has 0 fully saturated rings. The third kappa shape index (κ3) is 3.28. The number of benzene rings is 2. The number of carbonyl (C=O) groups is 1. The number of hydrogen-bond acceptors (Lipinski definition) is 3. The van der Waals surface area contributed by atoms with Gasteiger partial charge in [-0.15, -0.1) is 0 Å². The minimum atomic E-state index is -0.641. The molecule has 0 bridgehead atoms. The zero-order chi connectivity index (χ0) is 18.1. The molecular weight excluding hydrogens is 318 g/mol. The van der Waals surface area contributed by atoms with Gasteiger partial charge in [0.05, 0.1) is 11.0 Å². The fourth-order valence-electron chi connectivity index (χ4n) is 2.70. The van der Waals surface area contributed by atoms with Crippen molar-refractivity contribution in [2.75, 3.05) is 5.32 Å². The minimum Gasteiger partial charge on any atom is -0.481 e. The van der Waals surface area contributed by atoms with Crippen molar-refractivity contribution in [1.29, 1.82) is 0 Å². The van der Waals surface area contributed by atoms with Gasteiger partial charge in [0.15, 0.2) is 6.10 Å². The first-order valence-electron chi connectivity index (χ1n) is 8.06. The molecule has 1 aromatic heterocycles. The molecule has 1 unspecified atom stereocenters. The number of aromatic nitrogens is 2. The van der Waals surface area contributed by atoms with E-state index in [0.717, 1.165) is 16.6 Å². The lowest BCUT2D eigenvalue weighted by Crippen LogP contribution is -2.30. The second kappa shape index (κ2) is 6.47. The molecule has 0 saturated heterocycles. The summed E-state index contributed by atoms with van der Waals surface area (Å²) in [4.78, 5) is 24.3. The Labute approximate surface area is 145 Å². The van der Waals surface area contributed by atoms with Gasteiger partial charge in [0.2, 0.25) is 0 Å². The Morgan fingerprint density at radius 1 is 1.04 bits per heavy atom. The Kier molecular flexibility index (Phi) is 4.35. The number of fused-ring (bicyclic) bond motifs is 1. The van der Waals surface area contributed by atoms with Gasteiger partial charge in [-0.05, 0) is 44.2 Å². The number of rotatable bonds is 4. The topological polar surface area (TPSA) is 65.3 Å². The van der Waals surface area contributed by atoms with Crippen LogP contribution < -0.4 is 15.7 Å². The summed E-state index contributed by atoms with van der Waals surface area (Å²) in [6.07, 6.45) is -0.641. The molecule has 1 amide bonds. The Hall–Kier alpha value is -3.02. The summed E-state index contributed by atoms with van der Waals surface area (Å²) < 4.78 is 8.79. The zero-order valence-electron chi connectivity index (χ0n) is 14.7. The van der Waals surface area contributed by atoms with Crippen molar-refractivity contribution in [1.82, 2.24) is 9.13 Å². The highest BCUT2D eigenvalue weighted by molar-refractivity contribution is 5.95. The highest BCUT2D eigenvalue weighted by Crippen LogP contribution is 2.19. The van der Waals surface area contributed by atoms with E-state index in [1.54, 1.807) is 42.3 Å². The van der Waals surface area contributed by atoms with Crippen molar-refractivity contribution in [3.8, 4) is 5.75 Å². The van der Waals surface area contributed by atoms with E-state index in [-0.39, 0.29) is 11.6 Å². The number of aryl methyl sites for hydroxylation is 3. The SMILES string of the molecule is Cc1ccc(OC(C)C(=O)Nc2ccc3c(c2)n(C)c(=O)n3C)cc1. The van der Waals surface area contributed by atoms with Gasteiger partial charge in [0, 0.05) is 19.8 Å². The molecule has 1 atom stereocenters. The van der Waals surface area contributed by atoms with Crippen LogP contribution >= 0.6 is 0 Å². The first kappa shape index (κ1) is 16.8. The third-order valence-electron chi connectivity index (χ3n) is 4.24. The number of nitrogens with one attached hydrogen (secondary N) is 1. The van der Waals surface area contributed by atoms with Crippen LogP contribution in [-0.4, -0.2) is 21.1 Å². The van der Waals surface area contributed by atoms with Gasteiger partial charge in [0.1, 0.15) is 5.75 Å². The normalized spacial score (nSPS) is 12.2. The zero-order valence-corrected chi connectivity index (χ0v) is 14.7. The molecule has 3 aromatic rings. The summed E-state index contributed by atoms with van der Waals surface area (Å²) in [5.41, 5.74) is 3.23. The molecule has 25 heavy (non-hydrogen) atoms. The molecule has 6 heteroatoms. The molecule has 1 heterocycles. The predicted molar refractivity (Wildman–Crippen MR) is 98.1 cm³/mol. The third-order valence-corrected chi connectivity index (χ3v) is 4.24. The average molecular weight is 339 g/mol. The highest BCUT2D eigenvalue weighted by atomic mass is 16.5. The fraction of sp³-hybridized carbons (Fsp3) is 0.263. The van der Waals surface area contributed by atoms with E-state index in [1.165, 1.54) is 0 Å². The van der Waals surface area contributed by atoms with E-state index in [0.29, 0.717) is 11.4 Å². The number of imidazole rings is 1. The largest absolute Gasteiger partial charge is 0.481 e. The summed E-state index contributed by atoms with van der Waals surface area (Å²) in [5.74, 6) is 0.398. The van der Waals surface area contributed by atoms with Crippen LogP contribution in [0.25, 0.3) is 11.0 Å². The maximum atomic E-state index is 12.4. The van der Waals surface area contributed by atoms with Gasteiger partial charge in [0.25, 0.3) is 5.91 Å². The lowest BCUT2D eigenvalue weighted by Gasteiger charge is -2.15. The molecule has 2 aromatic carbocycles. The van der Waals surface area contributed by atoms with Crippen LogP contribution in [0.1, 0.15) is 12.5 Å². The van der Waals surface area contributed by atoms with Gasteiger partial charge in [-0.25, -0.2) is 4.79 Å². The van der Waals surface area contributed by atoms with Crippen LogP contribution in [0.2, 0.25) is 0 Å². The van der Waals surface area contributed by atoms with Gasteiger partial charge >= 0.3 is 5.69 Å². The van der Waals surface area contributed by atoms with E-state index >= 15 is 0 Å². The number of hydrogen-bond donors (Lipinski definition) is 1. The van der Waals surface area contributed by atoms with Crippen LogP contribution in [0.5, 0.6) is 5.75 Å². The Morgan fingerprint density at radius 2 is 1.68 bits per heavy atom. The molecule has 0 radical (unpaired) electrons. The summed E-state index contributed by atoms with van der Waals surface area (Å²) in [7, 11) is 3.43. The molecule has 3 rings (SSSR count). The van der Waals surface area contributed by atoms with Crippen LogP contribution in [-0.2, 0) is 18.9 Å². The molecule has 0 spiro atoms.